The highest BCUT2D eigenvalue weighted by Crippen LogP contribution is 2.51. The predicted molar refractivity (Wildman–Crippen MR) is 146 cm³/mol. The minimum Gasteiger partial charge on any atom is -0.481 e. The number of carbonyl (C=O) groups is 1. The number of aliphatic carboxylic acids is 1. The molecule has 1 aliphatic carbocycles. The molecule has 0 bridgehead atoms. The van der Waals surface area contributed by atoms with Crippen LogP contribution in [0.3, 0.4) is 0 Å². The van der Waals surface area contributed by atoms with Crippen LogP contribution in [-0.2, 0) is 16.6 Å². The molecule has 2 aromatic carbocycles. The Balaban J connectivity index is 1.52. The largest absolute Gasteiger partial charge is 0.481 e. The van der Waals surface area contributed by atoms with Gasteiger partial charge in [0.1, 0.15) is 22.1 Å². The van der Waals surface area contributed by atoms with Gasteiger partial charge in [-0.25, -0.2) is 19.3 Å². The lowest BCUT2D eigenvalue weighted by atomic mass is 9.63. The predicted octanol–water partition coefficient (Wildman–Crippen LogP) is 7.27. The van der Waals surface area contributed by atoms with Crippen molar-refractivity contribution >= 4 is 28.9 Å². The number of benzene rings is 2. The van der Waals surface area contributed by atoms with Crippen LogP contribution in [0.2, 0.25) is 0 Å². The van der Waals surface area contributed by atoms with E-state index in [1.54, 1.807) is 30.5 Å². The number of thiazole rings is 1. The molecule has 1 fully saturated rings. The van der Waals surface area contributed by atoms with Crippen LogP contribution in [0.5, 0.6) is 0 Å². The summed E-state index contributed by atoms with van der Waals surface area (Å²) in [6.45, 7) is 3.65. The SMILES string of the molecule is CC1(C)C[C@@](O)(c2ncc(-c3cc(Nc4nccc(C(F)(F)F)n4)cc(-c4ccc(F)cc4)c3)s2)CC[C@@H]1C(=O)O. The summed E-state index contributed by atoms with van der Waals surface area (Å²) in [4.78, 5) is 24.4. The van der Waals surface area contributed by atoms with Gasteiger partial charge in [-0.15, -0.1) is 11.3 Å². The highest BCUT2D eigenvalue weighted by molar-refractivity contribution is 7.15. The van der Waals surface area contributed by atoms with Crippen LogP contribution in [0, 0.1) is 17.2 Å². The Kier molecular flexibility index (Phi) is 7.33. The number of hydrogen-bond donors (Lipinski definition) is 3. The third-order valence-electron chi connectivity index (χ3n) is 7.34. The van der Waals surface area contributed by atoms with Crippen LogP contribution in [0.15, 0.2) is 60.9 Å². The lowest BCUT2D eigenvalue weighted by molar-refractivity contribution is -0.154. The van der Waals surface area contributed by atoms with Crippen molar-refractivity contribution in [2.75, 3.05) is 5.32 Å². The molecule has 2 aromatic heterocycles. The summed E-state index contributed by atoms with van der Waals surface area (Å²) >= 11 is 1.25. The molecule has 5 rings (SSSR count). The quantitative estimate of drug-likeness (QED) is 0.204. The first-order valence-corrected chi connectivity index (χ1v) is 13.6. The maximum absolute atomic E-state index is 13.6. The van der Waals surface area contributed by atoms with E-state index >= 15 is 0 Å². The van der Waals surface area contributed by atoms with Crippen LogP contribution >= 0.6 is 11.3 Å². The summed E-state index contributed by atoms with van der Waals surface area (Å²) in [7, 11) is 0. The van der Waals surface area contributed by atoms with Gasteiger partial charge in [0, 0.05) is 18.1 Å². The van der Waals surface area contributed by atoms with E-state index in [1.807, 2.05) is 19.9 Å². The van der Waals surface area contributed by atoms with Gasteiger partial charge in [0.25, 0.3) is 0 Å². The third-order valence-corrected chi connectivity index (χ3v) is 8.58. The lowest BCUT2D eigenvalue weighted by Gasteiger charge is -2.44. The van der Waals surface area contributed by atoms with Crippen molar-refractivity contribution in [2.45, 2.75) is 44.9 Å². The smallest absolute Gasteiger partial charge is 0.433 e. The molecular weight excluding hydrogens is 560 g/mol. The van der Waals surface area contributed by atoms with Gasteiger partial charge >= 0.3 is 12.1 Å². The van der Waals surface area contributed by atoms with E-state index < -0.39 is 40.6 Å². The van der Waals surface area contributed by atoms with Gasteiger partial charge in [-0.2, -0.15) is 13.2 Å². The third kappa shape index (κ3) is 6.08. The molecule has 41 heavy (non-hydrogen) atoms. The average Bonchev–Trinajstić information content (AvgIpc) is 3.39. The van der Waals surface area contributed by atoms with Crippen molar-refractivity contribution in [2.24, 2.45) is 11.3 Å². The summed E-state index contributed by atoms with van der Waals surface area (Å²) in [5.74, 6) is -2.14. The first-order valence-electron chi connectivity index (χ1n) is 12.7. The number of carboxylic acid groups (broad SMARTS) is 1. The topological polar surface area (TPSA) is 108 Å². The Morgan fingerprint density at radius 1 is 1.05 bits per heavy atom. The fourth-order valence-electron chi connectivity index (χ4n) is 5.36. The van der Waals surface area contributed by atoms with Crippen LogP contribution in [0.25, 0.3) is 21.6 Å². The molecule has 0 saturated heterocycles. The summed E-state index contributed by atoms with van der Waals surface area (Å²) < 4.78 is 53.2. The normalized spacial score (nSPS) is 20.5. The minimum absolute atomic E-state index is 0.221. The lowest BCUT2D eigenvalue weighted by Crippen LogP contribution is -2.44. The summed E-state index contributed by atoms with van der Waals surface area (Å²) in [6.07, 6.45) is -1.26. The van der Waals surface area contributed by atoms with E-state index in [1.165, 1.54) is 23.5 Å². The first kappa shape index (κ1) is 28.6. The standard InChI is InChI=1S/C29H26F4N4O3S/c1-27(2)15-28(40,9-7-21(27)24(38)39)25-35-14-22(41-25)18-11-17(16-3-5-19(30)6-4-16)12-20(13-18)36-26-34-10-8-23(37-26)29(31,32)33/h3-6,8,10-14,21,40H,7,9,15H2,1-2H3,(H,38,39)(H,34,36,37)/t21-,28-/m1/s1. The van der Waals surface area contributed by atoms with Crippen LogP contribution in [-0.4, -0.2) is 31.1 Å². The second-order valence-corrected chi connectivity index (χ2v) is 11.9. The maximum Gasteiger partial charge on any atom is 0.433 e. The van der Waals surface area contributed by atoms with E-state index in [0.717, 1.165) is 12.3 Å². The molecule has 0 radical (unpaired) electrons. The molecule has 7 nitrogen and oxygen atoms in total. The molecule has 214 valence electrons. The molecule has 1 saturated carbocycles. The Bertz CT molecular complexity index is 1590. The highest BCUT2D eigenvalue weighted by Gasteiger charge is 2.49. The number of anilines is 2. The van der Waals surface area contributed by atoms with E-state index in [-0.39, 0.29) is 18.8 Å². The van der Waals surface area contributed by atoms with Gasteiger partial charge in [0.05, 0.1) is 10.8 Å². The number of halogens is 4. The maximum atomic E-state index is 13.6. The Hall–Kier alpha value is -3.90. The van der Waals surface area contributed by atoms with Crippen molar-refractivity contribution < 1.29 is 32.6 Å². The van der Waals surface area contributed by atoms with Crippen molar-refractivity contribution in [3.8, 4) is 21.6 Å². The van der Waals surface area contributed by atoms with Gasteiger partial charge < -0.3 is 15.5 Å². The number of rotatable bonds is 6. The van der Waals surface area contributed by atoms with Crippen LogP contribution < -0.4 is 5.32 Å². The second-order valence-electron chi connectivity index (χ2n) is 10.9. The summed E-state index contributed by atoms with van der Waals surface area (Å²) in [5, 5.41) is 24.4. The summed E-state index contributed by atoms with van der Waals surface area (Å²) in [6, 6.07) is 11.8. The highest BCUT2D eigenvalue weighted by atomic mass is 32.1. The van der Waals surface area contributed by atoms with Crippen molar-refractivity contribution in [3.63, 3.8) is 0 Å². The van der Waals surface area contributed by atoms with Crippen molar-refractivity contribution in [3.05, 3.63) is 77.4 Å². The monoisotopic (exact) mass is 586 g/mol. The second kappa shape index (κ2) is 10.5. The zero-order valence-electron chi connectivity index (χ0n) is 22.0. The molecule has 0 spiro atoms. The molecule has 0 amide bonds. The Labute approximate surface area is 237 Å². The molecular formula is C29H26F4N4O3S. The average molecular weight is 587 g/mol. The van der Waals surface area contributed by atoms with Gasteiger partial charge in [-0.1, -0.05) is 26.0 Å². The van der Waals surface area contributed by atoms with Crippen LogP contribution in [0.4, 0.5) is 29.2 Å². The minimum atomic E-state index is -4.64. The summed E-state index contributed by atoms with van der Waals surface area (Å²) in [5.41, 5.74) is -0.710. The van der Waals surface area contributed by atoms with E-state index in [2.05, 4.69) is 20.3 Å². The number of nitrogens with zero attached hydrogens (tertiary/aromatic N) is 3. The molecule has 0 aliphatic heterocycles. The molecule has 3 N–H and O–H groups in total. The fourth-order valence-corrected chi connectivity index (χ4v) is 6.38. The molecule has 4 aromatic rings. The van der Waals surface area contributed by atoms with Gasteiger partial charge in [0.15, 0.2) is 0 Å². The Morgan fingerprint density at radius 2 is 1.76 bits per heavy atom. The Morgan fingerprint density at radius 3 is 2.41 bits per heavy atom. The fraction of sp³-hybridized carbons (Fsp3) is 0.310. The van der Waals surface area contributed by atoms with Crippen molar-refractivity contribution in [1.29, 1.82) is 0 Å². The van der Waals surface area contributed by atoms with E-state index in [4.69, 9.17) is 0 Å². The zero-order valence-corrected chi connectivity index (χ0v) is 22.9. The molecule has 2 atom stereocenters. The molecule has 2 heterocycles. The van der Waals surface area contributed by atoms with Gasteiger partial charge in [0.2, 0.25) is 5.95 Å². The molecule has 1 aliphatic rings. The molecule has 12 heteroatoms. The van der Waals surface area contributed by atoms with Crippen LogP contribution in [0.1, 0.15) is 43.8 Å². The number of aromatic nitrogens is 3. The molecule has 0 unspecified atom stereocenters. The van der Waals surface area contributed by atoms with E-state index in [0.29, 0.717) is 38.7 Å². The number of hydrogen-bond acceptors (Lipinski definition) is 7. The van der Waals surface area contributed by atoms with E-state index in [9.17, 15) is 32.6 Å². The van der Waals surface area contributed by atoms with Gasteiger partial charge in [-0.3, -0.25) is 4.79 Å². The number of nitrogens with one attached hydrogen (secondary N) is 1. The zero-order chi connectivity index (χ0) is 29.6. The van der Waals surface area contributed by atoms with Gasteiger partial charge in [-0.05, 0) is 77.8 Å². The number of alkyl halides is 3. The number of aliphatic hydroxyl groups is 1. The first-order chi connectivity index (χ1) is 19.2. The van der Waals surface area contributed by atoms with Crippen molar-refractivity contribution in [1.82, 2.24) is 15.0 Å². The number of carboxylic acids is 1.